The lowest BCUT2D eigenvalue weighted by molar-refractivity contribution is 0.122. The van der Waals surface area contributed by atoms with Crippen LogP contribution < -0.4 is 0 Å². The summed E-state index contributed by atoms with van der Waals surface area (Å²) in [6.07, 6.45) is 0. The Kier molecular flexibility index (Phi) is 5.32. The average Bonchev–Trinajstić information content (AvgIpc) is 2.99. The van der Waals surface area contributed by atoms with Crippen LogP contribution >= 0.6 is 34.2 Å². The molecule has 2 heterocycles. The van der Waals surface area contributed by atoms with Crippen LogP contribution in [-0.2, 0) is 6.54 Å². The summed E-state index contributed by atoms with van der Waals surface area (Å²) < 4.78 is 7.27. The number of hydrogen-bond acceptors (Lipinski definition) is 5. The molecule has 0 aliphatic carbocycles. The molecule has 1 aromatic heterocycles. The molecule has 3 rings (SSSR count). The van der Waals surface area contributed by atoms with Crippen LogP contribution in [0.3, 0.4) is 0 Å². The number of aromatic nitrogens is 1. The molecule has 0 N–H and O–H groups in total. The van der Waals surface area contributed by atoms with Crippen LogP contribution in [0.4, 0.5) is 0 Å². The second kappa shape index (κ2) is 7.43. The molecule has 0 spiro atoms. The molecule has 22 heavy (non-hydrogen) atoms. The number of hydrazone groups is 1. The van der Waals surface area contributed by atoms with Gasteiger partial charge in [-0.15, -0.1) is 0 Å². The summed E-state index contributed by atoms with van der Waals surface area (Å²) in [5.74, 6) is 0.885. The van der Waals surface area contributed by atoms with Crippen molar-refractivity contribution in [3.63, 3.8) is 0 Å². The predicted octanol–water partition coefficient (Wildman–Crippen LogP) is 3.49. The van der Waals surface area contributed by atoms with Crippen molar-refractivity contribution >= 4 is 38.4 Å². The number of piperazine rings is 1. The molecule has 1 saturated heterocycles. The van der Waals surface area contributed by atoms with E-state index in [1.165, 1.54) is 0 Å². The lowest BCUT2D eigenvalue weighted by Crippen LogP contribution is -2.43. The van der Waals surface area contributed by atoms with Gasteiger partial charge in [-0.05, 0) is 34.7 Å². The van der Waals surface area contributed by atoms with Crippen molar-refractivity contribution in [2.75, 3.05) is 26.2 Å². The van der Waals surface area contributed by atoms with Gasteiger partial charge in [0.05, 0.1) is 10.8 Å². The van der Waals surface area contributed by atoms with Crippen molar-refractivity contribution < 1.29 is 4.52 Å². The Labute approximate surface area is 148 Å². The lowest BCUT2D eigenvalue weighted by Gasteiger charge is -2.32. The van der Waals surface area contributed by atoms with Gasteiger partial charge in [-0.3, -0.25) is 9.91 Å². The molecule has 0 amide bonds. The van der Waals surface area contributed by atoms with Crippen LogP contribution in [0.1, 0.15) is 5.76 Å². The van der Waals surface area contributed by atoms with E-state index in [4.69, 9.17) is 16.1 Å². The monoisotopic (exact) mass is 430 g/mol. The van der Waals surface area contributed by atoms with Crippen molar-refractivity contribution in [3.8, 4) is 11.3 Å². The van der Waals surface area contributed by atoms with Gasteiger partial charge in [0.15, 0.2) is 5.76 Å². The number of nitrogens with zero attached hydrogens (tertiary/aromatic N) is 4. The van der Waals surface area contributed by atoms with E-state index in [1.807, 2.05) is 34.6 Å². The molecule has 7 heteroatoms. The molecule has 0 bridgehead atoms. The lowest BCUT2D eigenvalue weighted by atomic mass is 10.1. The maximum absolute atomic E-state index is 5.90. The molecule has 116 valence electrons. The van der Waals surface area contributed by atoms with E-state index in [0.717, 1.165) is 54.8 Å². The summed E-state index contributed by atoms with van der Waals surface area (Å²) in [4.78, 5) is 2.35. The first-order valence-corrected chi connectivity index (χ1v) is 8.68. The van der Waals surface area contributed by atoms with Crippen molar-refractivity contribution in [1.29, 1.82) is 0 Å². The summed E-state index contributed by atoms with van der Waals surface area (Å²) in [5, 5.41) is 11.3. The Morgan fingerprint density at radius 1 is 1.23 bits per heavy atom. The molecule has 0 saturated carbocycles. The minimum absolute atomic E-state index is 0.722. The van der Waals surface area contributed by atoms with Gasteiger partial charge < -0.3 is 4.52 Å². The van der Waals surface area contributed by atoms with E-state index in [-0.39, 0.29) is 0 Å². The Balaban J connectivity index is 1.59. The molecule has 5 nitrogen and oxygen atoms in total. The summed E-state index contributed by atoms with van der Waals surface area (Å²) in [5.41, 5.74) is 1.86. The second-order valence-corrected chi connectivity index (χ2v) is 6.12. The van der Waals surface area contributed by atoms with Gasteiger partial charge in [0.1, 0.15) is 5.69 Å². The Morgan fingerprint density at radius 2 is 1.95 bits per heavy atom. The van der Waals surface area contributed by atoms with Crippen molar-refractivity contribution in [2.24, 2.45) is 5.10 Å². The minimum Gasteiger partial charge on any atom is -0.359 e. The van der Waals surface area contributed by atoms with Gasteiger partial charge in [0.25, 0.3) is 0 Å². The zero-order valence-electron chi connectivity index (χ0n) is 12.0. The highest BCUT2D eigenvalue weighted by atomic mass is 127. The molecule has 1 aliphatic rings. The third kappa shape index (κ3) is 3.99. The SMILES string of the molecule is Clc1ccc(-c2cc(CN3CCN(/N=C/I)CC3)on2)cc1. The third-order valence-corrected chi connectivity index (χ3v) is 4.14. The highest BCUT2D eigenvalue weighted by Gasteiger charge is 2.17. The van der Waals surface area contributed by atoms with Crippen molar-refractivity contribution in [2.45, 2.75) is 6.54 Å². The largest absolute Gasteiger partial charge is 0.359 e. The molecule has 0 unspecified atom stereocenters. The molecule has 2 aromatic rings. The maximum Gasteiger partial charge on any atom is 0.151 e. The molecule has 0 atom stereocenters. The number of halogens is 2. The fraction of sp³-hybridized carbons (Fsp3) is 0.333. The maximum atomic E-state index is 5.90. The first kappa shape index (κ1) is 15.8. The van der Waals surface area contributed by atoms with E-state index in [1.54, 1.807) is 0 Å². The summed E-state index contributed by atoms with van der Waals surface area (Å²) in [7, 11) is 0. The van der Waals surface area contributed by atoms with E-state index in [2.05, 4.69) is 42.8 Å². The zero-order valence-corrected chi connectivity index (χ0v) is 14.9. The van der Waals surface area contributed by atoms with Crippen LogP contribution in [0.15, 0.2) is 40.0 Å². The Morgan fingerprint density at radius 3 is 2.64 bits per heavy atom. The fourth-order valence-corrected chi connectivity index (χ4v) is 2.92. The normalized spacial score (nSPS) is 16.5. The smallest absolute Gasteiger partial charge is 0.151 e. The number of hydrogen-bond donors (Lipinski definition) is 0. The Bertz CT molecular complexity index is 635. The highest BCUT2D eigenvalue weighted by Crippen LogP contribution is 2.22. The van der Waals surface area contributed by atoms with Crippen LogP contribution in [0.2, 0.25) is 5.02 Å². The quantitative estimate of drug-likeness (QED) is 0.550. The van der Waals surface area contributed by atoms with Gasteiger partial charge in [-0.1, -0.05) is 28.9 Å². The second-order valence-electron chi connectivity index (χ2n) is 5.13. The van der Waals surface area contributed by atoms with Gasteiger partial charge in [0, 0.05) is 42.8 Å². The topological polar surface area (TPSA) is 44.9 Å². The standard InChI is InChI=1S/C15H16ClIN4O/c16-13-3-1-12(2-4-13)15-9-14(22-19-15)10-20-5-7-21(8-6-20)18-11-17/h1-4,9,11H,5-8,10H2/b18-11+. The molecule has 0 radical (unpaired) electrons. The molecule has 1 fully saturated rings. The highest BCUT2D eigenvalue weighted by molar-refractivity contribution is 14.1. The van der Waals surface area contributed by atoms with Crippen LogP contribution in [0, 0.1) is 0 Å². The molecule has 1 aromatic carbocycles. The third-order valence-electron chi connectivity index (χ3n) is 3.63. The fourth-order valence-electron chi connectivity index (χ4n) is 2.44. The molecular weight excluding hydrogens is 415 g/mol. The summed E-state index contributed by atoms with van der Waals surface area (Å²) in [6, 6.07) is 9.62. The summed E-state index contributed by atoms with van der Waals surface area (Å²) >= 11 is 8.05. The molecule has 1 aliphatic heterocycles. The Hall–Kier alpha value is -1.12. The minimum atomic E-state index is 0.722. The van der Waals surface area contributed by atoms with Gasteiger partial charge in [-0.2, -0.15) is 5.10 Å². The zero-order chi connectivity index (χ0) is 15.4. The van der Waals surface area contributed by atoms with Crippen molar-refractivity contribution in [1.82, 2.24) is 15.1 Å². The first-order chi connectivity index (χ1) is 10.7. The van der Waals surface area contributed by atoms with Gasteiger partial charge in [0.2, 0.25) is 0 Å². The van der Waals surface area contributed by atoms with E-state index in [0.29, 0.717) is 0 Å². The van der Waals surface area contributed by atoms with Crippen LogP contribution in [0.25, 0.3) is 11.3 Å². The first-order valence-electron chi connectivity index (χ1n) is 7.06. The average molecular weight is 431 g/mol. The molecular formula is C15H16ClIN4O. The number of benzene rings is 1. The predicted molar refractivity (Wildman–Crippen MR) is 96.3 cm³/mol. The van der Waals surface area contributed by atoms with Crippen LogP contribution in [-0.4, -0.2) is 45.5 Å². The number of rotatable bonds is 4. The summed E-state index contributed by atoms with van der Waals surface area (Å²) in [6.45, 7) is 4.62. The van der Waals surface area contributed by atoms with E-state index < -0.39 is 0 Å². The van der Waals surface area contributed by atoms with Gasteiger partial charge >= 0.3 is 0 Å². The van der Waals surface area contributed by atoms with Gasteiger partial charge in [-0.25, -0.2) is 0 Å². The van der Waals surface area contributed by atoms with Crippen LogP contribution in [0.5, 0.6) is 0 Å². The van der Waals surface area contributed by atoms with E-state index >= 15 is 0 Å². The van der Waals surface area contributed by atoms with Crippen molar-refractivity contribution in [3.05, 3.63) is 41.1 Å². The van der Waals surface area contributed by atoms with E-state index in [9.17, 15) is 0 Å².